The monoisotopic (exact) mass is 260 g/mol. The normalized spacial score (nSPS) is 25.8. The van der Waals surface area contributed by atoms with Crippen molar-refractivity contribution in [2.45, 2.75) is 31.2 Å². The van der Waals surface area contributed by atoms with E-state index in [0.717, 1.165) is 37.1 Å². The van der Waals surface area contributed by atoms with Crippen LogP contribution in [0, 0.1) is 0 Å². The van der Waals surface area contributed by atoms with E-state index in [2.05, 4.69) is 5.32 Å². The quantitative estimate of drug-likeness (QED) is 0.848. The number of rotatable bonds is 2. The number of amides is 1. The fourth-order valence-electron chi connectivity index (χ4n) is 3.18. The molecule has 3 rings (SSSR count). The summed E-state index contributed by atoms with van der Waals surface area (Å²) in [5.74, 6) is 0.0690. The molecule has 2 N–H and O–H groups in total. The van der Waals surface area contributed by atoms with Crippen molar-refractivity contribution in [2.75, 3.05) is 25.0 Å². The largest absolute Gasteiger partial charge is 0.394 e. The number of aliphatic hydroxyl groups is 1. The number of piperidine rings is 1. The maximum atomic E-state index is 12.7. The van der Waals surface area contributed by atoms with Crippen molar-refractivity contribution >= 4 is 11.6 Å². The predicted molar refractivity (Wildman–Crippen MR) is 74.1 cm³/mol. The number of aliphatic hydroxyl groups excluding tert-OH is 1. The molecule has 1 aromatic rings. The first-order valence-electron chi connectivity index (χ1n) is 7.05. The Morgan fingerprint density at radius 1 is 1.37 bits per heavy atom. The second-order valence-electron chi connectivity index (χ2n) is 5.38. The average molecular weight is 260 g/mol. The Morgan fingerprint density at radius 3 is 3.05 bits per heavy atom. The van der Waals surface area contributed by atoms with Crippen LogP contribution >= 0.6 is 0 Å². The fourth-order valence-corrected chi connectivity index (χ4v) is 3.18. The van der Waals surface area contributed by atoms with Crippen molar-refractivity contribution in [2.24, 2.45) is 0 Å². The number of para-hydroxylation sites is 1. The highest BCUT2D eigenvalue weighted by Crippen LogP contribution is 2.33. The van der Waals surface area contributed by atoms with Crippen LogP contribution in [0.4, 0.5) is 5.69 Å². The van der Waals surface area contributed by atoms with Gasteiger partial charge in [-0.3, -0.25) is 4.79 Å². The summed E-state index contributed by atoms with van der Waals surface area (Å²) in [4.78, 5) is 14.6. The summed E-state index contributed by atoms with van der Waals surface area (Å²) in [6.45, 7) is 1.53. The van der Waals surface area contributed by atoms with E-state index in [0.29, 0.717) is 6.54 Å². The Hall–Kier alpha value is -1.55. The molecule has 0 saturated carbocycles. The summed E-state index contributed by atoms with van der Waals surface area (Å²) in [6, 6.07) is 8.01. The van der Waals surface area contributed by atoms with Crippen molar-refractivity contribution < 1.29 is 9.90 Å². The van der Waals surface area contributed by atoms with E-state index < -0.39 is 0 Å². The van der Waals surface area contributed by atoms with E-state index in [1.165, 1.54) is 0 Å². The molecule has 0 aliphatic carbocycles. The molecule has 2 heterocycles. The number of nitrogens with one attached hydrogen (secondary N) is 1. The van der Waals surface area contributed by atoms with Gasteiger partial charge in [-0.1, -0.05) is 18.2 Å². The van der Waals surface area contributed by atoms with Gasteiger partial charge in [0.25, 0.3) is 0 Å². The van der Waals surface area contributed by atoms with E-state index in [-0.39, 0.29) is 24.5 Å². The molecule has 2 aliphatic heterocycles. The number of carbonyl (C=O) groups excluding carboxylic acids is 1. The smallest absolute Gasteiger partial charge is 0.232 e. The second kappa shape index (κ2) is 5.21. The van der Waals surface area contributed by atoms with Crippen LogP contribution in [-0.2, 0) is 4.79 Å². The van der Waals surface area contributed by atoms with Crippen LogP contribution in [-0.4, -0.2) is 41.7 Å². The first-order chi connectivity index (χ1) is 9.31. The predicted octanol–water partition coefficient (Wildman–Crippen LogP) is 1.57. The number of nitrogens with zero attached hydrogens (tertiary/aromatic N) is 1. The molecule has 0 radical (unpaired) electrons. The SMILES string of the molecule is O=C(C1CNc2ccccc21)N1CCCCC1CO. The van der Waals surface area contributed by atoms with Crippen LogP contribution in [0.5, 0.6) is 0 Å². The third-order valence-electron chi connectivity index (χ3n) is 4.25. The van der Waals surface area contributed by atoms with E-state index in [4.69, 9.17) is 0 Å². The van der Waals surface area contributed by atoms with E-state index in [9.17, 15) is 9.90 Å². The molecule has 102 valence electrons. The third-order valence-corrected chi connectivity index (χ3v) is 4.25. The van der Waals surface area contributed by atoms with Gasteiger partial charge in [-0.15, -0.1) is 0 Å². The van der Waals surface area contributed by atoms with Crippen molar-refractivity contribution in [3.05, 3.63) is 29.8 Å². The van der Waals surface area contributed by atoms with Gasteiger partial charge in [-0.25, -0.2) is 0 Å². The maximum Gasteiger partial charge on any atom is 0.232 e. The Labute approximate surface area is 113 Å². The Kier molecular flexibility index (Phi) is 3.42. The van der Waals surface area contributed by atoms with Gasteiger partial charge in [0.1, 0.15) is 0 Å². The molecule has 2 aliphatic rings. The Morgan fingerprint density at radius 2 is 2.21 bits per heavy atom. The third kappa shape index (κ3) is 2.21. The first kappa shape index (κ1) is 12.5. The molecule has 1 saturated heterocycles. The van der Waals surface area contributed by atoms with E-state index in [1.807, 2.05) is 29.2 Å². The summed E-state index contributed by atoms with van der Waals surface area (Å²) in [6.07, 6.45) is 3.07. The zero-order chi connectivity index (χ0) is 13.2. The number of benzene rings is 1. The zero-order valence-electron chi connectivity index (χ0n) is 11.0. The summed E-state index contributed by atoms with van der Waals surface area (Å²) >= 11 is 0. The van der Waals surface area contributed by atoms with Gasteiger partial charge in [0.05, 0.1) is 18.6 Å². The Balaban J connectivity index is 1.81. The molecule has 0 aromatic heterocycles. The highest BCUT2D eigenvalue weighted by Gasteiger charge is 2.35. The summed E-state index contributed by atoms with van der Waals surface area (Å²) in [5, 5.41) is 12.7. The highest BCUT2D eigenvalue weighted by molar-refractivity contribution is 5.88. The summed E-state index contributed by atoms with van der Waals surface area (Å²) in [7, 11) is 0. The molecule has 1 aromatic carbocycles. The van der Waals surface area contributed by atoms with Gasteiger partial charge in [0.2, 0.25) is 5.91 Å². The molecular weight excluding hydrogens is 240 g/mol. The molecule has 0 spiro atoms. The van der Waals surface area contributed by atoms with Gasteiger partial charge in [0, 0.05) is 18.8 Å². The topological polar surface area (TPSA) is 52.6 Å². The molecular formula is C15H20N2O2. The molecule has 1 amide bonds. The van der Waals surface area contributed by atoms with Crippen LogP contribution in [0.25, 0.3) is 0 Å². The number of fused-ring (bicyclic) bond motifs is 1. The minimum absolute atomic E-state index is 0.00834. The van der Waals surface area contributed by atoms with Crippen LogP contribution < -0.4 is 5.32 Å². The van der Waals surface area contributed by atoms with Crippen LogP contribution in [0.15, 0.2) is 24.3 Å². The number of hydrogen-bond donors (Lipinski definition) is 2. The van der Waals surface area contributed by atoms with Crippen molar-refractivity contribution in [1.82, 2.24) is 4.90 Å². The van der Waals surface area contributed by atoms with Gasteiger partial charge in [-0.05, 0) is 30.9 Å². The summed E-state index contributed by atoms with van der Waals surface area (Å²) < 4.78 is 0. The molecule has 4 nitrogen and oxygen atoms in total. The minimum Gasteiger partial charge on any atom is -0.394 e. The van der Waals surface area contributed by atoms with Gasteiger partial charge in [-0.2, -0.15) is 0 Å². The molecule has 1 fully saturated rings. The van der Waals surface area contributed by atoms with Gasteiger partial charge in [0.15, 0.2) is 0 Å². The highest BCUT2D eigenvalue weighted by atomic mass is 16.3. The minimum atomic E-state index is -0.0941. The summed E-state index contributed by atoms with van der Waals surface area (Å²) in [5.41, 5.74) is 2.16. The lowest BCUT2D eigenvalue weighted by molar-refractivity contribution is -0.137. The molecule has 0 bridgehead atoms. The fraction of sp³-hybridized carbons (Fsp3) is 0.533. The van der Waals surface area contributed by atoms with E-state index >= 15 is 0 Å². The lowest BCUT2D eigenvalue weighted by Gasteiger charge is -2.36. The van der Waals surface area contributed by atoms with Crippen molar-refractivity contribution in [1.29, 1.82) is 0 Å². The molecule has 19 heavy (non-hydrogen) atoms. The van der Waals surface area contributed by atoms with Crippen LogP contribution in [0.1, 0.15) is 30.7 Å². The van der Waals surface area contributed by atoms with Gasteiger partial charge < -0.3 is 15.3 Å². The average Bonchev–Trinajstić information content (AvgIpc) is 2.90. The van der Waals surface area contributed by atoms with Gasteiger partial charge >= 0.3 is 0 Å². The lowest BCUT2D eigenvalue weighted by Crippen LogP contribution is -2.47. The first-order valence-corrected chi connectivity index (χ1v) is 7.05. The lowest BCUT2D eigenvalue weighted by atomic mass is 9.96. The molecule has 4 heteroatoms. The van der Waals surface area contributed by atoms with Crippen molar-refractivity contribution in [3.8, 4) is 0 Å². The Bertz CT molecular complexity index is 475. The number of hydrogen-bond acceptors (Lipinski definition) is 3. The number of anilines is 1. The molecule has 2 atom stereocenters. The van der Waals surface area contributed by atoms with E-state index in [1.54, 1.807) is 0 Å². The number of carbonyl (C=O) groups is 1. The van der Waals surface area contributed by atoms with Crippen LogP contribution in [0.3, 0.4) is 0 Å². The standard InChI is InChI=1S/C15H20N2O2/c18-10-11-5-3-4-8-17(11)15(19)13-9-16-14-7-2-1-6-12(13)14/h1-2,6-7,11,13,16,18H,3-5,8-10H2. The zero-order valence-corrected chi connectivity index (χ0v) is 11.0. The maximum absolute atomic E-state index is 12.7. The second-order valence-corrected chi connectivity index (χ2v) is 5.38. The molecule has 2 unspecified atom stereocenters. The van der Waals surface area contributed by atoms with Crippen molar-refractivity contribution in [3.63, 3.8) is 0 Å². The van der Waals surface area contributed by atoms with Crippen LogP contribution in [0.2, 0.25) is 0 Å². The number of likely N-dealkylation sites (tertiary alicyclic amines) is 1.